The second-order valence-electron chi connectivity index (χ2n) is 5.67. The van der Waals surface area contributed by atoms with E-state index in [4.69, 9.17) is 14.2 Å². The third kappa shape index (κ3) is 3.44. The van der Waals surface area contributed by atoms with Crippen molar-refractivity contribution in [1.29, 1.82) is 0 Å². The van der Waals surface area contributed by atoms with Gasteiger partial charge in [0, 0.05) is 12.1 Å². The summed E-state index contributed by atoms with van der Waals surface area (Å²) < 4.78 is 30.3. The van der Waals surface area contributed by atoms with Gasteiger partial charge in [-0.2, -0.15) is 0 Å². The molecule has 1 aliphatic rings. The minimum atomic E-state index is -0.500. The molecule has 2 aromatic carbocycles. The van der Waals surface area contributed by atoms with Crippen molar-refractivity contribution in [3.8, 4) is 11.5 Å². The zero-order chi connectivity index (χ0) is 17.8. The third-order valence-corrected chi connectivity index (χ3v) is 4.25. The minimum absolute atomic E-state index is 0.223. The molecule has 1 unspecified atom stereocenters. The van der Waals surface area contributed by atoms with Crippen molar-refractivity contribution in [2.24, 2.45) is 0 Å². The molecule has 1 heterocycles. The van der Waals surface area contributed by atoms with E-state index in [9.17, 15) is 9.18 Å². The molecule has 1 saturated heterocycles. The highest BCUT2D eigenvalue weighted by Crippen LogP contribution is 2.32. The maximum absolute atomic E-state index is 14.0. The van der Waals surface area contributed by atoms with Crippen LogP contribution in [-0.4, -0.2) is 44.7 Å². The van der Waals surface area contributed by atoms with Gasteiger partial charge in [-0.1, -0.05) is 24.3 Å². The Morgan fingerprint density at radius 2 is 1.80 bits per heavy atom. The second-order valence-corrected chi connectivity index (χ2v) is 5.67. The number of halogens is 1. The van der Waals surface area contributed by atoms with Gasteiger partial charge in [-0.25, -0.2) is 4.39 Å². The van der Waals surface area contributed by atoms with Crippen LogP contribution in [0.4, 0.5) is 4.39 Å². The Labute approximate surface area is 145 Å². The summed E-state index contributed by atoms with van der Waals surface area (Å²) in [5.41, 5.74) is 0.814. The molecule has 1 aliphatic heterocycles. The highest BCUT2D eigenvalue weighted by atomic mass is 19.1. The molecule has 0 bridgehead atoms. The first-order chi connectivity index (χ1) is 12.2. The van der Waals surface area contributed by atoms with Crippen LogP contribution in [0.5, 0.6) is 11.5 Å². The Hall–Kier alpha value is -2.60. The van der Waals surface area contributed by atoms with Crippen molar-refractivity contribution in [2.45, 2.75) is 6.10 Å². The van der Waals surface area contributed by atoms with E-state index in [0.717, 1.165) is 0 Å². The van der Waals surface area contributed by atoms with Crippen LogP contribution in [0.2, 0.25) is 0 Å². The first kappa shape index (κ1) is 17.2. The van der Waals surface area contributed by atoms with Gasteiger partial charge >= 0.3 is 0 Å². The van der Waals surface area contributed by atoms with Crippen LogP contribution in [0.15, 0.2) is 42.5 Å². The van der Waals surface area contributed by atoms with Gasteiger partial charge in [-0.05, 0) is 18.2 Å². The van der Waals surface area contributed by atoms with Crippen molar-refractivity contribution in [3.05, 3.63) is 59.4 Å². The Morgan fingerprint density at radius 3 is 2.44 bits per heavy atom. The molecule has 132 valence electrons. The fourth-order valence-corrected chi connectivity index (χ4v) is 2.98. The van der Waals surface area contributed by atoms with Gasteiger partial charge < -0.3 is 19.1 Å². The fraction of sp³-hybridized carbons (Fsp3) is 0.316. The van der Waals surface area contributed by atoms with Crippen molar-refractivity contribution < 1.29 is 23.4 Å². The number of rotatable bonds is 4. The number of benzene rings is 2. The maximum Gasteiger partial charge on any atom is 0.261 e. The van der Waals surface area contributed by atoms with E-state index in [2.05, 4.69) is 0 Å². The average Bonchev–Trinajstić information content (AvgIpc) is 2.67. The lowest BCUT2D eigenvalue weighted by Crippen LogP contribution is -2.42. The molecule has 25 heavy (non-hydrogen) atoms. The van der Waals surface area contributed by atoms with Gasteiger partial charge in [-0.3, -0.25) is 4.79 Å². The Morgan fingerprint density at radius 1 is 1.12 bits per heavy atom. The van der Waals surface area contributed by atoms with Crippen molar-refractivity contribution in [2.75, 3.05) is 33.9 Å². The van der Waals surface area contributed by atoms with Gasteiger partial charge in [0.15, 0.2) is 0 Å². The van der Waals surface area contributed by atoms with E-state index in [0.29, 0.717) is 35.8 Å². The van der Waals surface area contributed by atoms with Crippen LogP contribution >= 0.6 is 0 Å². The van der Waals surface area contributed by atoms with Gasteiger partial charge in [0.2, 0.25) is 0 Å². The Balaban J connectivity index is 1.87. The SMILES string of the molecule is COc1cccc(OC)c1C(=O)N1CCOC(c2ccccc2F)C1. The van der Waals surface area contributed by atoms with Gasteiger partial charge in [-0.15, -0.1) is 0 Å². The number of nitrogens with zero attached hydrogens (tertiary/aromatic N) is 1. The summed E-state index contributed by atoms with van der Waals surface area (Å²) in [7, 11) is 3.01. The predicted octanol–water partition coefficient (Wildman–Crippen LogP) is 3.06. The topological polar surface area (TPSA) is 48.0 Å². The number of carbonyl (C=O) groups excluding carboxylic acids is 1. The molecule has 0 N–H and O–H groups in total. The lowest BCUT2D eigenvalue weighted by molar-refractivity contribution is -0.0244. The largest absolute Gasteiger partial charge is 0.496 e. The number of carbonyl (C=O) groups is 1. The molecular weight excluding hydrogens is 325 g/mol. The van der Waals surface area contributed by atoms with E-state index in [1.807, 2.05) is 0 Å². The van der Waals surface area contributed by atoms with Gasteiger partial charge in [0.1, 0.15) is 29.0 Å². The molecule has 0 radical (unpaired) electrons. The molecule has 2 aromatic rings. The smallest absolute Gasteiger partial charge is 0.261 e. The maximum atomic E-state index is 14.0. The summed E-state index contributed by atoms with van der Waals surface area (Å²) in [6.07, 6.45) is -0.500. The number of methoxy groups -OCH3 is 2. The second kappa shape index (κ2) is 7.53. The molecule has 3 rings (SSSR count). The zero-order valence-electron chi connectivity index (χ0n) is 14.2. The summed E-state index contributed by atoms with van der Waals surface area (Å²) in [4.78, 5) is 14.7. The van der Waals surface area contributed by atoms with Crippen molar-refractivity contribution >= 4 is 5.91 Å². The van der Waals surface area contributed by atoms with Crippen molar-refractivity contribution in [1.82, 2.24) is 4.90 Å². The monoisotopic (exact) mass is 345 g/mol. The number of hydrogen-bond donors (Lipinski definition) is 0. The van der Waals surface area contributed by atoms with E-state index >= 15 is 0 Å². The molecule has 0 aromatic heterocycles. The van der Waals surface area contributed by atoms with E-state index in [1.54, 1.807) is 41.3 Å². The lowest BCUT2D eigenvalue weighted by Gasteiger charge is -2.33. The third-order valence-electron chi connectivity index (χ3n) is 4.25. The Bertz CT molecular complexity index is 743. The summed E-state index contributed by atoms with van der Waals surface area (Å²) in [5, 5.41) is 0. The molecule has 1 amide bonds. The standard InChI is InChI=1S/C19H20FNO4/c1-23-15-8-5-9-16(24-2)18(15)19(22)21-10-11-25-17(12-21)13-6-3-4-7-14(13)20/h3-9,17H,10-12H2,1-2H3. The molecular formula is C19H20FNO4. The van der Waals surface area contributed by atoms with Crippen LogP contribution < -0.4 is 9.47 Å². The summed E-state index contributed by atoms with van der Waals surface area (Å²) in [5.74, 6) is 0.326. The summed E-state index contributed by atoms with van der Waals surface area (Å²) in [6, 6.07) is 11.6. The minimum Gasteiger partial charge on any atom is -0.496 e. The van der Waals surface area contributed by atoms with Crippen LogP contribution in [0, 0.1) is 5.82 Å². The normalized spacial score (nSPS) is 17.2. The highest BCUT2D eigenvalue weighted by Gasteiger charge is 2.30. The van der Waals surface area contributed by atoms with Gasteiger partial charge in [0.25, 0.3) is 5.91 Å². The predicted molar refractivity (Wildman–Crippen MR) is 90.5 cm³/mol. The molecule has 1 fully saturated rings. The zero-order valence-corrected chi connectivity index (χ0v) is 14.2. The van der Waals surface area contributed by atoms with Crippen LogP contribution in [0.3, 0.4) is 0 Å². The molecule has 5 nitrogen and oxygen atoms in total. The number of hydrogen-bond acceptors (Lipinski definition) is 4. The first-order valence-electron chi connectivity index (χ1n) is 8.02. The highest BCUT2D eigenvalue weighted by molar-refractivity contribution is 5.99. The summed E-state index contributed by atoms with van der Waals surface area (Å²) >= 11 is 0. The average molecular weight is 345 g/mol. The van der Waals surface area contributed by atoms with Gasteiger partial charge in [0.05, 0.1) is 27.4 Å². The van der Waals surface area contributed by atoms with E-state index in [1.165, 1.54) is 20.3 Å². The Kier molecular flexibility index (Phi) is 5.19. The molecule has 6 heteroatoms. The number of amides is 1. The quantitative estimate of drug-likeness (QED) is 0.855. The fourth-order valence-electron chi connectivity index (χ4n) is 2.98. The summed E-state index contributed by atoms with van der Waals surface area (Å²) in [6.45, 7) is 1.02. The van der Waals surface area contributed by atoms with Crippen LogP contribution in [0.25, 0.3) is 0 Å². The molecule has 0 spiro atoms. The molecule has 0 aliphatic carbocycles. The van der Waals surface area contributed by atoms with Crippen LogP contribution in [-0.2, 0) is 4.74 Å². The molecule has 1 atom stereocenters. The molecule has 0 saturated carbocycles. The lowest BCUT2D eigenvalue weighted by atomic mass is 10.1. The number of morpholine rings is 1. The van der Waals surface area contributed by atoms with E-state index < -0.39 is 6.10 Å². The first-order valence-corrected chi connectivity index (χ1v) is 8.02. The van der Waals surface area contributed by atoms with Crippen molar-refractivity contribution in [3.63, 3.8) is 0 Å². The van der Waals surface area contributed by atoms with E-state index in [-0.39, 0.29) is 18.3 Å². The number of ether oxygens (including phenoxy) is 3. The van der Waals surface area contributed by atoms with Crippen LogP contribution in [0.1, 0.15) is 22.0 Å².